The standard InChI is InChI=1S/C20H26N8/c1-14(2)28-13-24-15-10-23-18(9-16(15)28)25-17-3-6-22-19(26-17)27-7-4-20(5-8-27)11-21-12-20/h3,6,9-10,13-14,21H,4-5,7-8,11-12H2,1-2H3,(H,22,23,25,26). The van der Waals surface area contributed by atoms with Crippen molar-refractivity contribution >= 4 is 28.6 Å². The fourth-order valence-corrected chi connectivity index (χ4v) is 4.13. The molecule has 5 rings (SSSR count). The van der Waals surface area contributed by atoms with Crippen LogP contribution in [0.3, 0.4) is 0 Å². The highest BCUT2D eigenvalue weighted by atomic mass is 15.3. The number of nitrogens with one attached hydrogen (secondary N) is 2. The van der Waals surface area contributed by atoms with Crippen molar-refractivity contribution in [3.05, 3.63) is 30.9 Å². The van der Waals surface area contributed by atoms with Crippen molar-refractivity contribution in [1.29, 1.82) is 0 Å². The first kappa shape index (κ1) is 17.4. The third kappa shape index (κ3) is 3.07. The summed E-state index contributed by atoms with van der Waals surface area (Å²) in [5.41, 5.74) is 2.48. The lowest BCUT2D eigenvalue weighted by Crippen LogP contribution is -2.58. The number of fused-ring (bicyclic) bond motifs is 1. The SMILES string of the molecule is CC(C)n1cnc2cnc(Nc3ccnc(N4CCC5(CC4)CNC5)n3)cc21. The first-order valence-corrected chi connectivity index (χ1v) is 10.0. The summed E-state index contributed by atoms with van der Waals surface area (Å²) in [6.45, 7) is 8.64. The number of anilines is 3. The minimum Gasteiger partial charge on any atom is -0.341 e. The van der Waals surface area contributed by atoms with Gasteiger partial charge >= 0.3 is 0 Å². The first-order valence-electron chi connectivity index (χ1n) is 10.0. The lowest BCUT2D eigenvalue weighted by molar-refractivity contribution is 0.126. The monoisotopic (exact) mass is 378 g/mol. The second-order valence-corrected chi connectivity index (χ2v) is 8.26. The van der Waals surface area contributed by atoms with Crippen LogP contribution in [0.4, 0.5) is 17.6 Å². The summed E-state index contributed by atoms with van der Waals surface area (Å²) in [7, 11) is 0. The van der Waals surface area contributed by atoms with E-state index < -0.39 is 0 Å². The third-order valence-corrected chi connectivity index (χ3v) is 6.02. The Morgan fingerprint density at radius 2 is 1.93 bits per heavy atom. The van der Waals surface area contributed by atoms with Gasteiger partial charge in [-0.15, -0.1) is 0 Å². The number of imidazole rings is 1. The average Bonchev–Trinajstić information content (AvgIpc) is 3.11. The highest BCUT2D eigenvalue weighted by molar-refractivity contribution is 5.78. The fraction of sp³-hybridized carbons (Fsp3) is 0.500. The molecule has 0 atom stereocenters. The number of hydrogen-bond donors (Lipinski definition) is 2. The van der Waals surface area contributed by atoms with Gasteiger partial charge in [0.05, 0.1) is 18.0 Å². The molecule has 0 bridgehead atoms. The van der Waals surface area contributed by atoms with E-state index in [0.29, 0.717) is 11.5 Å². The highest BCUT2D eigenvalue weighted by Gasteiger charge is 2.40. The summed E-state index contributed by atoms with van der Waals surface area (Å²) in [6.07, 6.45) is 7.90. The largest absolute Gasteiger partial charge is 0.341 e. The van der Waals surface area contributed by atoms with E-state index in [1.165, 1.54) is 12.8 Å². The smallest absolute Gasteiger partial charge is 0.227 e. The Morgan fingerprint density at radius 1 is 1.11 bits per heavy atom. The quantitative estimate of drug-likeness (QED) is 0.722. The van der Waals surface area contributed by atoms with Gasteiger partial charge in [0.25, 0.3) is 0 Å². The minimum atomic E-state index is 0.346. The molecule has 0 aliphatic carbocycles. The molecule has 3 aromatic heterocycles. The van der Waals surface area contributed by atoms with E-state index in [1.807, 2.05) is 24.7 Å². The van der Waals surface area contributed by atoms with Crippen LogP contribution in [0.2, 0.25) is 0 Å². The number of aromatic nitrogens is 5. The number of rotatable bonds is 4. The summed E-state index contributed by atoms with van der Waals surface area (Å²) in [6, 6.07) is 4.26. The van der Waals surface area contributed by atoms with E-state index in [0.717, 1.165) is 54.8 Å². The molecule has 1 spiro atoms. The zero-order valence-electron chi connectivity index (χ0n) is 16.4. The van der Waals surface area contributed by atoms with E-state index in [1.54, 1.807) is 6.20 Å². The Kier molecular flexibility index (Phi) is 4.16. The molecule has 0 aromatic carbocycles. The fourth-order valence-electron chi connectivity index (χ4n) is 4.13. The molecule has 2 saturated heterocycles. The maximum absolute atomic E-state index is 4.73. The summed E-state index contributed by atoms with van der Waals surface area (Å²) >= 11 is 0. The number of pyridine rings is 1. The molecule has 2 fully saturated rings. The van der Waals surface area contributed by atoms with Gasteiger partial charge in [0.2, 0.25) is 5.95 Å². The molecule has 2 aliphatic heterocycles. The number of hydrogen-bond acceptors (Lipinski definition) is 7. The maximum atomic E-state index is 4.73. The average molecular weight is 378 g/mol. The molecule has 28 heavy (non-hydrogen) atoms. The summed E-state index contributed by atoms with van der Waals surface area (Å²) in [5.74, 6) is 2.32. The molecule has 0 radical (unpaired) electrons. The summed E-state index contributed by atoms with van der Waals surface area (Å²) in [5, 5.41) is 6.74. The van der Waals surface area contributed by atoms with E-state index in [4.69, 9.17) is 4.98 Å². The second kappa shape index (κ2) is 6.70. The van der Waals surface area contributed by atoms with Crippen molar-refractivity contribution < 1.29 is 0 Å². The molecule has 8 nitrogen and oxygen atoms in total. The van der Waals surface area contributed by atoms with Gasteiger partial charge in [-0.05, 0) is 38.2 Å². The molecule has 8 heteroatoms. The van der Waals surface area contributed by atoms with Crippen LogP contribution >= 0.6 is 0 Å². The van der Waals surface area contributed by atoms with Gasteiger partial charge in [-0.2, -0.15) is 4.98 Å². The van der Waals surface area contributed by atoms with Crippen LogP contribution in [0.25, 0.3) is 11.0 Å². The van der Waals surface area contributed by atoms with Crippen LogP contribution in [0.5, 0.6) is 0 Å². The molecule has 146 valence electrons. The van der Waals surface area contributed by atoms with Crippen LogP contribution in [0.15, 0.2) is 30.9 Å². The Hall–Kier alpha value is -2.74. The topological polar surface area (TPSA) is 83.8 Å². The lowest BCUT2D eigenvalue weighted by Gasteiger charge is -2.48. The van der Waals surface area contributed by atoms with Crippen LogP contribution in [0, 0.1) is 5.41 Å². The molecular formula is C20H26N8. The number of nitrogens with zero attached hydrogens (tertiary/aromatic N) is 6. The van der Waals surface area contributed by atoms with Gasteiger partial charge in [-0.3, -0.25) is 0 Å². The number of piperidine rings is 1. The van der Waals surface area contributed by atoms with Gasteiger partial charge in [0.15, 0.2) is 0 Å². The molecule has 0 amide bonds. The van der Waals surface area contributed by atoms with Crippen LogP contribution < -0.4 is 15.5 Å². The molecule has 2 aliphatic rings. The van der Waals surface area contributed by atoms with Crippen molar-refractivity contribution in [2.75, 3.05) is 36.4 Å². The van der Waals surface area contributed by atoms with E-state index in [2.05, 4.69) is 48.9 Å². The van der Waals surface area contributed by atoms with Gasteiger partial charge in [-0.1, -0.05) is 0 Å². The summed E-state index contributed by atoms with van der Waals surface area (Å²) < 4.78 is 2.15. The van der Waals surface area contributed by atoms with Crippen LogP contribution in [0.1, 0.15) is 32.7 Å². The van der Waals surface area contributed by atoms with Gasteiger partial charge < -0.3 is 20.1 Å². The van der Waals surface area contributed by atoms with Crippen molar-refractivity contribution in [3.8, 4) is 0 Å². The van der Waals surface area contributed by atoms with E-state index in [9.17, 15) is 0 Å². The van der Waals surface area contributed by atoms with Crippen molar-refractivity contribution in [3.63, 3.8) is 0 Å². The summed E-state index contributed by atoms with van der Waals surface area (Å²) in [4.78, 5) is 20.4. The normalized spacial score (nSPS) is 18.6. The van der Waals surface area contributed by atoms with Gasteiger partial charge in [0.1, 0.15) is 17.2 Å². The maximum Gasteiger partial charge on any atom is 0.227 e. The zero-order valence-corrected chi connectivity index (χ0v) is 16.4. The second-order valence-electron chi connectivity index (χ2n) is 8.26. The van der Waals surface area contributed by atoms with Crippen LogP contribution in [-0.2, 0) is 0 Å². The third-order valence-electron chi connectivity index (χ3n) is 6.02. The van der Waals surface area contributed by atoms with E-state index >= 15 is 0 Å². The van der Waals surface area contributed by atoms with Crippen molar-refractivity contribution in [1.82, 2.24) is 29.8 Å². The van der Waals surface area contributed by atoms with Gasteiger partial charge in [0, 0.05) is 44.5 Å². The van der Waals surface area contributed by atoms with E-state index in [-0.39, 0.29) is 0 Å². The lowest BCUT2D eigenvalue weighted by atomic mass is 9.73. The molecule has 0 saturated carbocycles. The molecule has 5 heterocycles. The van der Waals surface area contributed by atoms with Crippen molar-refractivity contribution in [2.24, 2.45) is 5.41 Å². The Bertz CT molecular complexity index is 981. The molecule has 3 aromatic rings. The molecule has 2 N–H and O–H groups in total. The minimum absolute atomic E-state index is 0.346. The molecule has 0 unspecified atom stereocenters. The molecular weight excluding hydrogens is 352 g/mol. The Labute approximate surface area is 164 Å². The first-order chi connectivity index (χ1) is 13.6. The highest BCUT2D eigenvalue weighted by Crippen LogP contribution is 2.35. The predicted octanol–water partition coefficient (Wildman–Crippen LogP) is 2.74. The van der Waals surface area contributed by atoms with Crippen molar-refractivity contribution in [2.45, 2.75) is 32.7 Å². The Morgan fingerprint density at radius 3 is 2.64 bits per heavy atom. The Balaban J connectivity index is 1.34. The van der Waals surface area contributed by atoms with Crippen LogP contribution in [-0.4, -0.2) is 50.7 Å². The zero-order chi connectivity index (χ0) is 19.1. The van der Waals surface area contributed by atoms with Gasteiger partial charge in [-0.25, -0.2) is 15.0 Å². The predicted molar refractivity (Wildman–Crippen MR) is 110 cm³/mol.